The number of aromatic nitrogens is 3. The Kier molecular flexibility index (Phi) is 4.64. The Morgan fingerprint density at radius 1 is 1.15 bits per heavy atom. The molecule has 1 N–H and O–H groups in total. The first kappa shape index (κ1) is 17.3. The van der Waals surface area contributed by atoms with Crippen LogP contribution in [0.2, 0.25) is 0 Å². The molecule has 4 rings (SSSR count). The molecule has 0 atom stereocenters. The predicted molar refractivity (Wildman–Crippen MR) is 99.9 cm³/mol. The van der Waals surface area contributed by atoms with Crippen molar-refractivity contribution in [3.05, 3.63) is 65.1 Å². The zero-order valence-corrected chi connectivity index (χ0v) is 15.2. The largest absolute Gasteiger partial charge is 0.424 e. The highest BCUT2D eigenvalue weighted by atomic mass is 32.1. The summed E-state index contributed by atoms with van der Waals surface area (Å²) in [5, 5.41) is 11.0. The van der Waals surface area contributed by atoms with Crippen LogP contribution >= 0.6 is 11.3 Å². The van der Waals surface area contributed by atoms with Crippen LogP contribution in [0.15, 0.2) is 46.9 Å². The number of likely N-dealkylation sites (N-methyl/N-ethyl adjacent to an activating group) is 1. The number of nitrogens with zero attached hydrogens (tertiary/aromatic N) is 3. The minimum absolute atomic E-state index is 0.0262. The maximum absolute atomic E-state index is 15.0. The normalized spacial score (nSPS) is 11.0. The summed E-state index contributed by atoms with van der Waals surface area (Å²) in [6.45, 7) is 0. The molecule has 0 bridgehead atoms. The number of halogens is 1. The van der Waals surface area contributed by atoms with Gasteiger partial charge in [-0.3, -0.25) is 4.79 Å². The Morgan fingerprint density at radius 2 is 1.93 bits per heavy atom. The molecule has 4 aromatic rings. The minimum atomic E-state index is -0.284. The number of thiazole rings is 1. The number of hydrogen-bond donors (Lipinski definition) is 1. The molecule has 0 aliphatic heterocycles. The zero-order chi connectivity index (χ0) is 18.8. The predicted octanol–water partition coefficient (Wildman–Crippen LogP) is 3.36. The molecular formula is C19H15FN4O2S. The van der Waals surface area contributed by atoms with Crippen LogP contribution < -0.4 is 5.32 Å². The first-order chi connectivity index (χ1) is 13.1. The monoisotopic (exact) mass is 382 g/mol. The molecule has 0 aliphatic rings. The number of nitrogens with one attached hydrogen (secondary N) is 1. The molecule has 2 aromatic carbocycles. The second kappa shape index (κ2) is 7.24. The van der Waals surface area contributed by atoms with Crippen LogP contribution in [0.5, 0.6) is 0 Å². The van der Waals surface area contributed by atoms with Crippen molar-refractivity contribution in [3.8, 4) is 11.1 Å². The van der Waals surface area contributed by atoms with Gasteiger partial charge in [-0.2, -0.15) is 0 Å². The Bertz CT molecular complexity index is 1110. The van der Waals surface area contributed by atoms with Gasteiger partial charge >= 0.3 is 0 Å². The summed E-state index contributed by atoms with van der Waals surface area (Å²) >= 11 is 1.26. The Morgan fingerprint density at radius 3 is 2.70 bits per heavy atom. The number of hydrogen-bond acceptors (Lipinski definition) is 6. The van der Waals surface area contributed by atoms with E-state index < -0.39 is 0 Å². The Hall–Kier alpha value is -3.13. The van der Waals surface area contributed by atoms with Crippen LogP contribution in [0.25, 0.3) is 21.3 Å². The van der Waals surface area contributed by atoms with Gasteiger partial charge in [-0.15, -0.1) is 21.5 Å². The highest BCUT2D eigenvalue weighted by Crippen LogP contribution is 2.32. The fourth-order valence-corrected chi connectivity index (χ4v) is 3.70. The van der Waals surface area contributed by atoms with Gasteiger partial charge in [0.1, 0.15) is 17.2 Å². The van der Waals surface area contributed by atoms with Crippen LogP contribution in [-0.2, 0) is 17.6 Å². The van der Waals surface area contributed by atoms with Crippen LogP contribution in [0.3, 0.4) is 0 Å². The van der Waals surface area contributed by atoms with Gasteiger partial charge in [0.05, 0.1) is 16.6 Å². The molecule has 8 heteroatoms. The van der Waals surface area contributed by atoms with E-state index in [1.54, 1.807) is 13.1 Å². The summed E-state index contributed by atoms with van der Waals surface area (Å²) in [5.41, 5.74) is 1.96. The third-order valence-electron chi connectivity index (χ3n) is 4.03. The fraction of sp³-hybridized carbons (Fsp3) is 0.158. The number of carbonyl (C=O) groups excluding carboxylic acids is 1. The van der Waals surface area contributed by atoms with E-state index in [0.29, 0.717) is 33.1 Å². The smallest absolute Gasteiger partial charge is 0.229 e. The highest BCUT2D eigenvalue weighted by Gasteiger charge is 2.16. The standard InChI is InChI=1S/C19H15FN4O2S/c1-21-14(25)9-15-23-24-16(26-15)10-17-22-13-8-7-12(18(20)19(13)27-17)11-5-3-2-4-6-11/h2-8H,9-10H2,1H3,(H,21,25). The first-order valence-electron chi connectivity index (χ1n) is 8.29. The Balaban J connectivity index is 1.61. The van der Waals surface area contributed by atoms with E-state index in [1.807, 2.05) is 36.4 Å². The van der Waals surface area contributed by atoms with Gasteiger partial charge in [0.2, 0.25) is 17.7 Å². The van der Waals surface area contributed by atoms with Crippen molar-refractivity contribution >= 4 is 27.5 Å². The van der Waals surface area contributed by atoms with Crippen molar-refractivity contribution in [2.45, 2.75) is 12.8 Å². The maximum atomic E-state index is 15.0. The van der Waals surface area contributed by atoms with E-state index in [-0.39, 0.29) is 24.0 Å². The maximum Gasteiger partial charge on any atom is 0.229 e. The molecule has 6 nitrogen and oxygen atoms in total. The molecule has 136 valence electrons. The summed E-state index contributed by atoms with van der Waals surface area (Å²) in [6, 6.07) is 13.0. The quantitative estimate of drug-likeness (QED) is 0.572. The van der Waals surface area contributed by atoms with Gasteiger partial charge in [0, 0.05) is 12.6 Å². The van der Waals surface area contributed by atoms with Crippen molar-refractivity contribution < 1.29 is 13.6 Å². The average Bonchev–Trinajstić information content (AvgIpc) is 3.30. The summed E-state index contributed by atoms with van der Waals surface area (Å²) < 4.78 is 20.9. The van der Waals surface area contributed by atoms with E-state index >= 15 is 0 Å². The van der Waals surface area contributed by atoms with E-state index in [2.05, 4.69) is 20.5 Å². The first-order valence-corrected chi connectivity index (χ1v) is 9.11. The van der Waals surface area contributed by atoms with Gasteiger partial charge in [-0.1, -0.05) is 30.3 Å². The number of fused-ring (bicyclic) bond motifs is 1. The molecule has 0 unspecified atom stereocenters. The second-order valence-electron chi connectivity index (χ2n) is 5.87. The van der Waals surface area contributed by atoms with Gasteiger partial charge in [0.25, 0.3) is 0 Å². The molecular weight excluding hydrogens is 367 g/mol. The third-order valence-corrected chi connectivity index (χ3v) is 5.09. The summed E-state index contributed by atoms with van der Waals surface area (Å²) in [5.74, 6) is 0.0913. The topological polar surface area (TPSA) is 80.9 Å². The van der Waals surface area contributed by atoms with Gasteiger partial charge in [-0.05, 0) is 17.7 Å². The number of amides is 1. The summed E-state index contributed by atoms with van der Waals surface area (Å²) in [4.78, 5) is 15.8. The molecule has 0 spiro atoms. The van der Waals surface area contributed by atoms with Gasteiger partial charge in [-0.25, -0.2) is 9.37 Å². The molecule has 0 saturated heterocycles. The fourth-order valence-electron chi connectivity index (χ4n) is 2.71. The molecule has 2 aromatic heterocycles. The lowest BCUT2D eigenvalue weighted by atomic mass is 10.1. The Labute approximate surface area is 158 Å². The zero-order valence-electron chi connectivity index (χ0n) is 14.4. The van der Waals surface area contributed by atoms with Crippen LogP contribution in [0.4, 0.5) is 4.39 Å². The minimum Gasteiger partial charge on any atom is -0.424 e. The molecule has 1 amide bonds. The van der Waals surface area contributed by atoms with Crippen molar-refractivity contribution in [1.29, 1.82) is 0 Å². The van der Waals surface area contributed by atoms with E-state index in [9.17, 15) is 9.18 Å². The molecule has 2 heterocycles. The summed E-state index contributed by atoms with van der Waals surface area (Å²) in [6.07, 6.45) is 0.318. The molecule has 27 heavy (non-hydrogen) atoms. The summed E-state index contributed by atoms with van der Waals surface area (Å²) in [7, 11) is 1.54. The van der Waals surface area contributed by atoms with Crippen molar-refractivity contribution in [2.24, 2.45) is 0 Å². The number of rotatable bonds is 5. The lowest BCUT2D eigenvalue weighted by Gasteiger charge is -2.03. The molecule has 0 radical (unpaired) electrons. The van der Waals surface area contributed by atoms with E-state index in [0.717, 1.165) is 5.56 Å². The average molecular weight is 382 g/mol. The van der Waals surface area contributed by atoms with E-state index in [1.165, 1.54) is 11.3 Å². The number of carbonyl (C=O) groups is 1. The lowest BCUT2D eigenvalue weighted by molar-refractivity contribution is -0.120. The molecule has 0 fully saturated rings. The number of benzene rings is 2. The molecule has 0 saturated carbocycles. The third kappa shape index (κ3) is 3.56. The lowest BCUT2D eigenvalue weighted by Crippen LogP contribution is -2.20. The van der Waals surface area contributed by atoms with E-state index in [4.69, 9.17) is 4.42 Å². The van der Waals surface area contributed by atoms with Crippen LogP contribution in [0, 0.1) is 5.82 Å². The van der Waals surface area contributed by atoms with Gasteiger partial charge < -0.3 is 9.73 Å². The van der Waals surface area contributed by atoms with Crippen molar-refractivity contribution in [3.63, 3.8) is 0 Å². The van der Waals surface area contributed by atoms with Gasteiger partial charge in [0.15, 0.2) is 0 Å². The van der Waals surface area contributed by atoms with Crippen molar-refractivity contribution in [1.82, 2.24) is 20.5 Å². The second-order valence-corrected chi connectivity index (χ2v) is 6.95. The van der Waals surface area contributed by atoms with Crippen molar-refractivity contribution in [2.75, 3.05) is 7.05 Å². The van der Waals surface area contributed by atoms with Crippen LogP contribution in [-0.4, -0.2) is 28.1 Å². The molecule has 0 aliphatic carbocycles. The van der Waals surface area contributed by atoms with Crippen LogP contribution in [0.1, 0.15) is 16.8 Å². The SMILES string of the molecule is CNC(=O)Cc1nnc(Cc2nc3ccc(-c4ccccc4)c(F)c3s2)o1. The highest BCUT2D eigenvalue weighted by molar-refractivity contribution is 7.18.